The lowest BCUT2D eigenvalue weighted by Crippen LogP contribution is -2.41. The molecule has 0 bridgehead atoms. The van der Waals surface area contributed by atoms with Crippen molar-refractivity contribution in [1.29, 1.82) is 0 Å². The van der Waals surface area contributed by atoms with Crippen LogP contribution in [-0.2, 0) is 4.79 Å². The first-order valence-electron chi connectivity index (χ1n) is 5.82. The summed E-state index contributed by atoms with van der Waals surface area (Å²) in [5, 5.41) is 3.17. The minimum absolute atomic E-state index is 0.177. The minimum Gasteiger partial charge on any atom is -0.467 e. The molecule has 1 heterocycles. The van der Waals surface area contributed by atoms with Crippen molar-refractivity contribution in [2.75, 3.05) is 0 Å². The Morgan fingerprint density at radius 1 is 1.22 bits per heavy atom. The quantitative estimate of drug-likeness (QED) is 0.843. The van der Waals surface area contributed by atoms with Crippen LogP contribution in [0.4, 0.5) is 0 Å². The first-order valence-corrected chi connectivity index (χ1v) is 5.82. The van der Waals surface area contributed by atoms with E-state index >= 15 is 0 Å². The van der Waals surface area contributed by atoms with Gasteiger partial charge in [-0.25, -0.2) is 0 Å². The fourth-order valence-electron chi connectivity index (χ4n) is 1.78. The number of hydrogen-bond donors (Lipinski definition) is 2. The molecule has 94 valence electrons. The van der Waals surface area contributed by atoms with Crippen LogP contribution in [0, 0.1) is 0 Å². The summed E-state index contributed by atoms with van der Waals surface area (Å²) in [7, 11) is 0. The van der Waals surface area contributed by atoms with Gasteiger partial charge in [-0.05, 0) is 24.6 Å². The molecule has 0 unspecified atom stereocenters. The zero-order valence-corrected chi connectivity index (χ0v) is 10.2. The van der Waals surface area contributed by atoms with Gasteiger partial charge in [0, 0.05) is 0 Å². The molecule has 0 saturated carbocycles. The Labute approximate surface area is 106 Å². The van der Waals surface area contributed by atoms with Crippen LogP contribution in [0.1, 0.15) is 24.3 Å². The molecular formula is C14H16N2O2. The number of amides is 1. The fourth-order valence-corrected chi connectivity index (χ4v) is 1.78. The van der Waals surface area contributed by atoms with Crippen molar-refractivity contribution in [1.82, 2.24) is 5.32 Å². The van der Waals surface area contributed by atoms with E-state index in [0.717, 1.165) is 11.3 Å². The standard InChI is InChI=1S/C14H16N2O2/c1-10(14(15)17)16-13(12-8-5-9-18-12)11-6-3-2-4-7-11/h2-10,13,16H,1H3,(H2,15,17)/t10-,13+/m1/s1. The highest BCUT2D eigenvalue weighted by Gasteiger charge is 2.20. The summed E-state index contributed by atoms with van der Waals surface area (Å²) in [6.07, 6.45) is 1.61. The van der Waals surface area contributed by atoms with E-state index < -0.39 is 6.04 Å². The summed E-state index contributed by atoms with van der Waals surface area (Å²) in [6, 6.07) is 12.9. The van der Waals surface area contributed by atoms with Crippen molar-refractivity contribution in [2.24, 2.45) is 5.73 Å². The number of benzene rings is 1. The molecule has 2 aromatic rings. The van der Waals surface area contributed by atoms with Gasteiger partial charge >= 0.3 is 0 Å². The summed E-state index contributed by atoms with van der Waals surface area (Å²) in [5.74, 6) is 0.372. The second-order valence-electron chi connectivity index (χ2n) is 4.15. The average molecular weight is 244 g/mol. The lowest BCUT2D eigenvalue weighted by atomic mass is 10.0. The summed E-state index contributed by atoms with van der Waals surface area (Å²) in [4.78, 5) is 11.2. The van der Waals surface area contributed by atoms with Gasteiger partial charge in [0.05, 0.1) is 18.3 Å². The van der Waals surface area contributed by atoms with Gasteiger partial charge in [0.1, 0.15) is 5.76 Å². The Kier molecular flexibility index (Phi) is 3.79. The number of nitrogens with two attached hydrogens (primary N) is 1. The van der Waals surface area contributed by atoms with Crippen LogP contribution in [0.2, 0.25) is 0 Å². The normalized spacial score (nSPS) is 14.1. The van der Waals surface area contributed by atoms with Crippen LogP contribution in [0.15, 0.2) is 53.1 Å². The number of carbonyl (C=O) groups excluding carboxylic acids is 1. The Bertz CT molecular complexity index is 494. The second kappa shape index (κ2) is 5.51. The monoisotopic (exact) mass is 244 g/mol. The molecule has 0 aliphatic rings. The number of primary amides is 1. The van der Waals surface area contributed by atoms with Crippen LogP contribution in [0.3, 0.4) is 0 Å². The molecule has 2 atom stereocenters. The van der Waals surface area contributed by atoms with Gasteiger partial charge in [0.2, 0.25) is 5.91 Å². The molecule has 18 heavy (non-hydrogen) atoms. The van der Waals surface area contributed by atoms with Crippen LogP contribution < -0.4 is 11.1 Å². The van der Waals surface area contributed by atoms with Crippen molar-refractivity contribution < 1.29 is 9.21 Å². The third-order valence-electron chi connectivity index (χ3n) is 2.80. The highest BCUT2D eigenvalue weighted by molar-refractivity contribution is 5.79. The first kappa shape index (κ1) is 12.4. The zero-order valence-electron chi connectivity index (χ0n) is 10.2. The van der Waals surface area contributed by atoms with Crippen LogP contribution in [0.5, 0.6) is 0 Å². The van der Waals surface area contributed by atoms with Gasteiger partial charge in [-0.2, -0.15) is 0 Å². The summed E-state index contributed by atoms with van der Waals surface area (Å²) in [5.41, 5.74) is 6.31. The van der Waals surface area contributed by atoms with Gasteiger partial charge < -0.3 is 10.2 Å². The summed E-state index contributed by atoms with van der Waals surface area (Å²) < 4.78 is 5.42. The molecule has 4 heteroatoms. The Morgan fingerprint density at radius 3 is 2.50 bits per heavy atom. The minimum atomic E-state index is -0.430. The zero-order chi connectivity index (χ0) is 13.0. The number of nitrogens with one attached hydrogen (secondary N) is 1. The van der Waals surface area contributed by atoms with E-state index in [9.17, 15) is 4.79 Å². The predicted molar refractivity (Wildman–Crippen MR) is 68.8 cm³/mol. The summed E-state index contributed by atoms with van der Waals surface area (Å²) >= 11 is 0. The molecule has 1 aromatic heterocycles. The average Bonchev–Trinajstić information content (AvgIpc) is 2.90. The molecule has 0 aliphatic heterocycles. The Hall–Kier alpha value is -2.07. The molecule has 2 rings (SSSR count). The number of rotatable bonds is 5. The Balaban J connectivity index is 2.27. The van der Waals surface area contributed by atoms with Gasteiger partial charge in [0.15, 0.2) is 0 Å². The number of hydrogen-bond acceptors (Lipinski definition) is 3. The Morgan fingerprint density at radius 2 is 1.94 bits per heavy atom. The van der Waals surface area contributed by atoms with E-state index in [1.807, 2.05) is 42.5 Å². The van der Waals surface area contributed by atoms with Crippen LogP contribution in [-0.4, -0.2) is 11.9 Å². The number of furan rings is 1. The molecular weight excluding hydrogens is 228 g/mol. The maximum absolute atomic E-state index is 11.2. The highest BCUT2D eigenvalue weighted by atomic mass is 16.3. The second-order valence-corrected chi connectivity index (χ2v) is 4.15. The highest BCUT2D eigenvalue weighted by Crippen LogP contribution is 2.22. The third-order valence-corrected chi connectivity index (χ3v) is 2.80. The van der Waals surface area contributed by atoms with Crippen molar-refractivity contribution in [3.05, 3.63) is 60.1 Å². The molecule has 1 amide bonds. The third kappa shape index (κ3) is 2.78. The molecule has 0 radical (unpaired) electrons. The van der Waals surface area contributed by atoms with E-state index in [1.165, 1.54) is 0 Å². The molecule has 3 N–H and O–H groups in total. The van der Waals surface area contributed by atoms with Crippen molar-refractivity contribution >= 4 is 5.91 Å². The first-order chi connectivity index (χ1) is 8.68. The molecule has 0 spiro atoms. The van der Waals surface area contributed by atoms with Crippen molar-refractivity contribution in [3.8, 4) is 0 Å². The van der Waals surface area contributed by atoms with Crippen molar-refractivity contribution in [2.45, 2.75) is 19.0 Å². The maximum Gasteiger partial charge on any atom is 0.234 e. The predicted octanol–water partition coefficient (Wildman–Crippen LogP) is 1.83. The summed E-state index contributed by atoms with van der Waals surface area (Å²) in [6.45, 7) is 1.74. The molecule has 0 fully saturated rings. The SMILES string of the molecule is C[C@@H](N[C@@H](c1ccccc1)c1ccco1)C(N)=O. The molecule has 4 nitrogen and oxygen atoms in total. The maximum atomic E-state index is 11.2. The van der Waals surface area contributed by atoms with Crippen molar-refractivity contribution in [3.63, 3.8) is 0 Å². The molecule has 1 aromatic carbocycles. The molecule has 0 saturated heterocycles. The topological polar surface area (TPSA) is 68.3 Å². The van der Waals surface area contributed by atoms with E-state index in [2.05, 4.69) is 5.32 Å². The number of carbonyl (C=O) groups is 1. The van der Waals surface area contributed by atoms with Gasteiger partial charge in [-0.1, -0.05) is 30.3 Å². The van der Waals surface area contributed by atoms with Crippen LogP contribution in [0.25, 0.3) is 0 Å². The van der Waals surface area contributed by atoms with E-state index in [-0.39, 0.29) is 11.9 Å². The van der Waals surface area contributed by atoms with Crippen LogP contribution >= 0.6 is 0 Å². The van der Waals surface area contributed by atoms with Gasteiger partial charge in [0.25, 0.3) is 0 Å². The van der Waals surface area contributed by atoms with E-state index in [1.54, 1.807) is 13.2 Å². The lowest BCUT2D eigenvalue weighted by Gasteiger charge is -2.20. The smallest absolute Gasteiger partial charge is 0.234 e. The molecule has 0 aliphatic carbocycles. The fraction of sp³-hybridized carbons (Fsp3) is 0.214. The largest absolute Gasteiger partial charge is 0.467 e. The van der Waals surface area contributed by atoms with E-state index in [4.69, 9.17) is 10.2 Å². The van der Waals surface area contributed by atoms with Gasteiger partial charge in [-0.15, -0.1) is 0 Å². The lowest BCUT2D eigenvalue weighted by molar-refractivity contribution is -0.119. The van der Waals surface area contributed by atoms with E-state index in [0.29, 0.717) is 0 Å². The van der Waals surface area contributed by atoms with Gasteiger partial charge in [-0.3, -0.25) is 10.1 Å².